The van der Waals surface area contributed by atoms with Crippen LogP contribution in [0.4, 0.5) is 0 Å². The molecule has 0 aromatic heterocycles. The third kappa shape index (κ3) is 2.20. The highest BCUT2D eigenvalue weighted by Crippen LogP contribution is 2.45. The summed E-state index contributed by atoms with van der Waals surface area (Å²) >= 11 is 1.21. The maximum Gasteiger partial charge on any atom is 0.373 e. The Bertz CT molecular complexity index is 371. The predicted octanol–water partition coefficient (Wildman–Crippen LogP) is 2.52. The highest BCUT2D eigenvalue weighted by atomic mass is 32.2. The molecule has 0 aromatic carbocycles. The third-order valence-electron chi connectivity index (χ3n) is 2.35. The molecule has 0 spiro atoms. The van der Waals surface area contributed by atoms with Crippen LogP contribution < -0.4 is 0 Å². The van der Waals surface area contributed by atoms with Crippen LogP contribution in [0.5, 0.6) is 0 Å². The second kappa shape index (κ2) is 4.31. The average molecular weight is 220 g/mol. The van der Waals surface area contributed by atoms with Crippen molar-refractivity contribution in [1.82, 2.24) is 0 Å². The summed E-state index contributed by atoms with van der Waals surface area (Å²) in [6.45, 7) is 9.22. The molecule has 2 radical (unpaired) electrons. The van der Waals surface area contributed by atoms with Crippen molar-refractivity contribution >= 4 is 24.9 Å². The molecule has 4 heteroatoms. The fraction of sp³-hybridized carbons (Fsp3) is 0.364. The first-order valence-corrected chi connectivity index (χ1v) is 5.39. The molecule has 1 atom stereocenters. The van der Waals surface area contributed by atoms with Crippen LogP contribution in [0.2, 0.25) is 0 Å². The van der Waals surface area contributed by atoms with Gasteiger partial charge in [-0.2, -0.15) is 0 Å². The fourth-order valence-electron chi connectivity index (χ4n) is 1.57. The number of carbonyl (C=O) groups excluding carboxylic acids is 1. The van der Waals surface area contributed by atoms with E-state index < -0.39 is 4.75 Å². The van der Waals surface area contributed by atoms with Gasteiger partial charge in [-0.25, -0.2) is 0 Å². The van der Waals surface area contributed by atoms with Gasteiger partial charge >= 0.3 is 8.05 Å². The molecule has 0 fully saturated rings. The minimum Gasteiger partial charge on any atom is -0.569 e. The first-order valence-electron chi connectivity index (χ1n) is 4.58. The van der Waals surface area contributed by atoms with Gasteiger partial charge in [-0.05, 0) is 20.8 Å². The Morgan fingerprint density at radius 1 is 1.67 bits per heavy atom. The van der Waals surface area contributed by atoms with E-state index >= 15 is 0 Å². The number of carbonyl (C=O) groups is 1. The molecule has 1 rings (SSSR count). The topological polar surface area (TPSA) is 26.3 Å². The van der Waals surface area contributed by atoms with Crippen LogP contribution in [0, 0.1) is 0 Å². The largest absolute Gasteiger partial charge is 0.569 e. The maximum absolute atomic E-state index is 11.5. The molecule has 0 aromatic rings. The molecule has 0 saturated carbocycles. The lowest BCUT2D eigenvalue weighted by Crippen LogP contribution is -2.19. The molecule has 15 heavy (non-hydrogen) atoms. The highest BCUT2D eigenvalue weighted by Gasteiger charge is 2.40. The molecule has 1 heterocycles. The highest BCUT2D eigenvalue weighted by molar-refractivity contribution is 8.16. The molecule has 1 aliphatic rings. The Morgan fingerprint density at radius 3 is 2.73 bits per heavy atom. The SMILES string of the molecule is [B]OC1=C(C)C(=O)S[C@]1(C)/C=C(\C)C=C. The van der Waals surface area contributed by atoms with Crippen LogP contribution in [0.25, 0.3) is 0 Å². The molecule has 0 aliphatic carbocycles. The summed E-state index contributed by atoms with van der Waals surface area (Å²) < 4.78 is 4.31. The van der Waals surface area contributed by atoms with E-state index in [1.807, 2.05) is 19.9 Å². The zero-order valence-corrected chi connectivity index (χ0v) is 9.98. The summed E-state index contributed by atoms with van der Waals surface area (Å²) in [6.07, 6.45) is 3.67. The van der Waals surface area contributed by atoms with Gasteiger partial charge in [0.15, 0.2) is 0 Å². The van der Waals surface area contributed by atoms with Gasteiger partial charge in [-0.3, -0.25) is 4.79 Å². The molecule has 0 unspecified atom stereocenters. The smallest absolute Gasteiger partial charge is 0.373 e. The van der Waals surface area contributed by atoms with Gasteiger partial charge in [0.1, 0.15) is 5.76 Å². The zero-order chi connectivity index (χ0) is 11.6. The van der Waals surface area contributed by atoms with Gasteiger partial charge in [-0.1, -0.05) is 36.1 Å². The van der Waals surface area contributed by atoms with Gasteiger partial charge < -0.3 is 4.65 Å². The van der Waals surface area contributed by atoms with E-state index in [4.69, 9.17) is 12.7 Å². The number of allylic oxidation sites excluding steroid dienone is 2. The van der Waals surface area contributed by atoms with Crippen molar-refractivity contribution in [3.8, 4) is 0 Å². The van der Waals surface area contributed by atoms with Crippen molar-refractivity contribution in [1.29, 1.82) is 0 Å². The molecule has 1 aliphatic heterocycles. The number of thioether (sulfide) groups is 1. The number of rotatable bonds is 3. The van der Waals surface area contributed by atoms with E-state index in [-0.39, 0.29) is 5.12 Å². The van der Waals surface area contributed by atoms with Crippen LogP contribution in [-0.4, -0.2) is 17.9 Å². The molecular weight excluding hydrogens is 207 g/mol. The van der Waals surface area contributed by atoms with Gasteiger partial charge in [0.2, 0.25) is 5.12 Å². The van der Waals surface area contributed by atoms with Gasteiger partial charge in [-0.15, -0.1) is 0 Å². The van der Waals surface area contributed by atoms with Crippen molar-refractivity contribution in [2.45, 2.75) is 25.5 Å². The lowest BCUT2D eigenvalue weighted by atomic mass is 10.0. The van der Waals surface area contributed by atoms with E-state index in [0.717, 1.165) is 5.57 Å². The minimum absolute atomic E-state index is 0.00561. The van der Waals surface area contributed by atoms with Gasteiger partial charge in [0, 0.05) is 5.57 Å². The molecule has 0 saturated heterocycles. The van der Waals surface area contributed by atoms with Crippen molar-refractivity contribution in [2.75, 3.05) is 0 Å². The Hall–Kier alpha value is -0.895. The monoisotopic (exact) mass is 220 g/mol. The summed E-state index contributed by atoms with van der Waals surface area (Å²) in [6, 6.07) is 0. The van der Waals surface area contributed by atoms with Gasteiger partial charge in [0.05, 0.1) is 4.75 Å². The maximum atomic E-state index is 11.5. The summed E-state index contributed by atoms with van der Waals surface area (Å²) in [5.74, 6) is 0.527. The number of hydrogen-bond acceptors (Lipinski definition) is 3. The Balaban J connectivity index is 3.17. The van der Waals surface area contributed by atoms with Crippen LogP contribution in [0.15, 0.2) is 35.6 Å². The third-order valence-corrected chi connectivity index (χ3v) is 3.56. The molecule has 78 valence electrons. The van der Waals surface area contributed by atoms with Crippen molar-refractivity contribution in [3.05, 3.63) is 35.6 Å². The molecular formula is C11H13BO2S. The lowest BCUT2D eigenvalue weighted by Gasteiger charge is -2.22. The van der Waals surface area contributed by atoms with E-state index in [9.17, 15) is 4.79 Å². The summed E-state index contributed by atoms with van der Waals surface area (Å²) in [7, 11) is 5.20. The van der Waals surface area contributed by atoms with Crippen molar-refractivity contribution < 1.29 is 9.45 Å². The van der Waals surface area contributed by atoms with E-state index in [2.05, 4.69) is 6.58 Å². The molecule has 0 bridgehead atoms. The Kier molecular flexibility index (Phi) is 3.50. The van der Waals surface area contributed by atoms with Crippen LogP contribution in [0.3, 0.4) is 0 Å². The average Bonchev–Trinajstić information content (AvgIpc) is 2.37. The van der Waals surface area contributed by atoms with Crippen LogP contribution in [-0.2, 0) is 9.45 Å². The minimum atomic E-state index is -0.506. The lowest BCUT2D eigenvalue weighted by molar-refractivity contribution is -0.107. The molecule has 0 amide bonds. The van der Waals surface area contributed by atoms with Crippen LogP contribution >= 0.6 is 11.8 Å². The van der Waals surface area contributed by atoms with Crippen molar-refractivity contribution in [3.63, 3.8) is 0 Å². The normalized spacial score (nSPS) is 27.1. The van der Waals surface area contributed by atoms with Gasteiger partial charge in [0.25, 0.3) is 0 Å². The second-order valence-corrected chi connectivity index (χ2v) is 5.08. The Labute approximate surface area is 95.9 Å². The van der Waals surface area contributed by atoms with E-state index in [1.165, 1.54) is 11.8 Å². The standard InChI is InChI=1S/C11H13BO2S/c1-5-7(2)6-11(4)9(14-12)8(3)10(13)15-11/h5-6H,1H2,2-4H3/b7-6+/t11-/m1/s1. The fourth-order valence-corrected chi connectivity index (χ4v) is 2.74. The Morgan fingerprint density at radius 2 is 2.27 bits per heavy atom. The van der Waals surface area contributed by atoms with E-state index in [0.29, 0.717) is 11.3 Å². The quantitative estimate of drug-likeness (QED) is 0.540. The molecule has 0 N–H and O–H groups in total. The van der Waals surface area contributed by atoms with E-state index in [1.54, 1.807) is 13.0 Å². The zero-order valence-electron chi connectivity index (χ0n) is 9.16. The first kappa shape index (κ1) is 12.2. The summed E-state index contributed by atoms with van der Waals surface area (Å²) in [5.41, 5.74) is 1.57. The summed E-state index contributed by atoms with van der Waals surface area (Å²) in [4.78, 5) is 11.5. The number of hydrogen-bond donors (Lipinski definition) is 0. The van der Waals surface area contributed by atoms with Crippen LogP contribution in [0.1, 0.15) is 20.8 Å². The van der Waals surface area contributed by atoms with Crippen molar-refractivity contribution in [2.24, 2.45) is 0 Å². The second-order valence-electron chi connectivity index (χ2n) is 3.66. The summed E-state index contributed by atoms with van der Waals surface area (Å²) in [5, 5.41) is 0.00561. The first-order chi connectivity index (χ1) is 6.94. The molecule has 2 nitrogen and oxygen atoms in total. The predicted molar refractivity (Wildman–Crippen MR) is 64.5 cm³/mol.